The van der Waals surface area contributed by atoms with E-state index in [0.717, 1.165) is 39.0 Å². The standard InChI is InChI=1S/C22H26N4O2/c1-16(15-26-11-4-10-23-26)21(27)25-12-8-22(9-13-25)20-18(7-14-28-22)17-5-2-3-6-19(17)24-20/h2-6,10-11,16,24H,7-9,12-15H2,1H3. The lowest BCUT2D eigenvalue weighted by atomic mass is 9.83. The molecule has 2 aliphatic rings. The van der Waals surface area contributed by atoms with Crippen molar-refractivity contribution in [2.45, 2.75) is 38.3 Å². The van der Waals surface area contributed by atoms with Crippen molar-refractivity contribution in [3.63, 3.8) is 0 Å². The molecule has 28 heavy (non-hydrogen) atoms. The van der Waals surface area contributed by atoms with Crippen molar-refractivity contribution in [2.24, 2.45) is 5.92 Å². The van der Waals surface area contributed by atoms with Crippen LogP contribution < -0.4 is 0 Å². The Hall–Kier alpha value is -2.60. The summed E-state index contributed by atoms with van der Waals surface area (Å²) in [5, 5.41) is 5.53. The lowest BCUT2D eigenvalue weighted by Crippen LogP contribution is -2.49. The molecule has 3 aromatic rings. The van der Waals surface area contributed by atoms with Crippen LogP contribution in [0.3, 0.4) is 0 Å². The molecule has 1 N–H and O–H groups in total. The number of ether oxygens (including phenoxy) is 1. The van der Waals surface area contributed by atoms with Crippen LogP contribution >= 0.6 is 0 Å². The van der Waals surface area contributed by atoms with Gasteiger partial charge < -0.3 is 14.6 Å². The fraction of sp³-hybridized carbons (Fsp3) is 0.455. The van der Waals surface area contributed by atoms with Gasteiger partial charge in [-0.3, -0.25) is 9.48 Å². The second-order valence-electron chi connectivity index (χ2n) is 8.07. The summed E-state index contributed by atoms with van der Waals surface area (Å²) in [6, 6.07) is 10.4. The first-order valence-corrected chi connectivity index (χ1v) is 10.2. The molecule has 0 aliphatic carbocycles. The highest BCUT2D eigenvalue weighted by Gasteiger charge is 2.43. The first kappa shape index (κ1) is 17.5. The van der Waals surface area contributed by atoms with Crippen LogP contribution in [0.5, 0.6) is 0 Å². The van der Waals surface area contributed by atoms with Crippen LogP contribution in [-0.4, -0.2) is 45.3 Å². The molecule has 146 valence electrons. The molecule has 0 saturated carbocycles. The molecule has 1 spiro atoms. The zero-order chi connectivity index (χ0) is 19.1. The lowest BCUT2D eigenvalue weighted by molar-refractivity contribution is -0.145. The molecular weight excluding hydrogens is 352 g/mol. The van der Waals surface area contributed by atoms with Crippen molar-refractivity contribution in [3.05, 3.63) is 54.0 Å². The van der Waals surface area contributed by atoms with E-state index in [0.29, 0.717) is 6.54 Å². The van der Waals surface area contributed by atoms with Crippen LogP contribution in [0.1, 0.15) is 31.0 Å². The molecule has 0 radical (unpaired) electrons. The van der Waals surface area contributed by atoms with Crippen molar-refractivity contribution < 1.29 is 9.53 Å². The number of benzene rings is 1. The van der Waals surface area contributed by atoms with Crippen molar-refractivity contribution in [2.75, 3.05) is 19.7 Å². The van der Waals surface area contributed by atoms with E-state index in [1.54, 1.807) is 6.20 Å². The highest BCUT2D eigenvalue weighted by atomic mass is 16.5. The van der Waals surface area contributed by atoms with E-state index in [1.807, 2.05) is 28.8 Å². The quantitative estimate of drug-likeness (QED) is 0.762. The van der Waals surface area contributed by atoms with Crippen LogP contribution in [0, 0.1) is 5.92 Å². The zero-order valence-corrected chi connectivity index (χ0v) is 16.2. The number of hydrogen-bond donors (Lipinski definition) is 1. The molecule has 1 unspecified atom stereocenters. The number of carbonyl (C=O) groups is 1. The molecule has 4 heterocycles. The Balaban J connectivity index is 1.33. The van der Waals surface area contributed by atoms with Crippen molar-refractivity contribution in [1.82, 2.24) is 19.7 Å². The molecule has 6 heteroatoms. The third-order valence-electron chi connectivity index (χ3n) is 6.32. The summed E-state index contributed by atoms with van der Waals surface area (Å²) in [6.45, 7) is 4.82. The molecule has 0 bridgehead atoms. The first-order chi connectivity index (χ1) is 13.7. The second-order valence-corrected chi connectivity index (χ2v) is 8.07. The SMILES string of the molecule is CC(Cn1cccn1)C(=O)N1CCC2(CC1)OCCc1c2[nH]c2ccccc12. The number of hydrogen-bond acceptors (Lipinski definition) is 3. The Morgan fingerprint density at radius 2 is 2.11 bits per heavy atom. The summed E-state index contributed by atoms with van der Waals surface area (Å²) in [4.78, 5) is 18.6. The van der Waals surface area contributed by atoms with Gasteiger partial charge in [0.1, 0.15) is 5.60 Å². The molecule has 6 nitrogen and oxygen atoms in total. The molecule has 1 fully saturated rings. The minimum atomic E-state index is -0.283. The van der Waals surface area contributed by atoms with Crippen LogP contribution in [0.4, 0.5) is 0 Å². The van der Waals surface area contributed by atoms with Crippen molar-refractivity contribution in [3.8, 4) is 0 Å². The number of fused-ring (bicyclic) bond motifs is 4. The van der Waals surface area contributed by atoms with Gasteiger partial charge in [-0.2, -0.15) is 5.10 Å². The monoisotopic (exact) mass is 378 g/mol. The number of para-hydroxylation sites is 1. The zero-order valence-electron chi connectivity index (χ0n) is 16.2. The average Bonchev–Trinajstić information content (AvgIpc) is 3.37. The molecule has 1 amide bonds. The third-order valence-corrected chi connectivity index (χ3v) is 6.32. The van der Waals surface area contributed by atoms with Crippen molar-refractivity contribution in [1.29, 1.82) is 0 Å². The van der Waals surface area contributed by atoms with Gasteiger partial charge in [0, 0.05) is 36.4 Å². The van der Waals surface area contributed by atoms with Gasteiger partial charge in [-0.15, -0.1) is 0 Å². The second kappa shape index (κ2) is 6.78. The summed E-state index contributed by atoms with van der Waals surface area (Å²) in [6.07, 6.45) is 6.28. The highest BCUT2D eigenvalue weighted by Crippen LogP contribution is 2.43. The predicted molar refractivity (Wildman–Crippen MR) is 107 cm³/mol. The smallest absolute Gasteiger partial charge is 0.227 e. The number of aromatic nitrogens is 3. The van der Waals surface area contributed by atoms with Gasteiger partial charge in [-0.25, -0.2) is 0 Å². The predicted octanol–water partition coefficient (Wildman–Crippen LogP) is 3.09. The molecule has 1 saturated heterocycles. The molecule has 1 aromatic carbocycles. The molecule has 1 atom stereocenters. The number of rotatable bonds is 3. The Labute approximate surface area is 164 Å². The highest BCUT2D eigenvalue weighted by molar-refractivity contribution is 5.85. The third kappa shape index (κ3) is 2.83. The van der Waals surface area contributed by atoms with E-state index in [1.165, 1.54) is 22.2 Å². The van der Waals surface area contributed by atoms with Gasteiger partial charge >= 0.3 is 0 Å². The number of likely N-dealkylation sites (tertiary alicyclic amines) is 1. The molecule has 2 aliphatic heterocycles. The summed E-state index contributed by atoms with van der Waals surface area (Å²) in [7, 11) is 0. The van der Waals surface area contributed by atoms with Gasteiger partial charge in [0.2, 0.25) is 5.91 Å². The minimum Gasteiger partial charge on any atom is -0.368 e. The number of nitrogens with one attached hydrogen (secondary N) is 1. The van der Waals surface area contributed by atoms with Crippen molar-refractivity contribution >= 4 is 16.8 Å². The number of H-pyrrole nitrogens is 1. The van der Waals surface area contributed by atoms with Crippen LogP contribution in [0.2, 0.25) is 0 Å². The topological polar surface area (TPSA) is 63.1 Å². The largest absolute Gasteiger partial charge is 0.368 e. The number of nitrogens with zero attached hydrogens (tertiary/aromatic N) is 3. The van der Waals surface area contributed by atoms with Crippen LogP contribution in [0.15, 0.2) is 42.7 Å². The van der Waals surface area contributed by atoms with Crippen LogP contribution in [-0.2, 0) is 28.1 Å². The van der Waals surface area contributed by atoms with E-state index >= 15 is 0 Å². The van der Waals surface area contributed by atoms with E-state index < -0.39 is 0 Å². The van der Waals surface area contributed by atoms with E-state index in [4.69, 9.17) is 4.74 Å². The maximum absolute atomic E-state index is 12.9. The Bertz CT molecular complexity index is 983. The summed E-state index contributed by atoms with van der Waals surface area (Å²) in [5.41, 5.74) is 3.53. The van der Waals surface area contributed by atoms with E-state index in [2.05, 4.69) is 34.3 Å². The lowest BCUT2D eigenvalue weighted by Gasteiger charge is -2.44. The van der Waals surface area contributed by atoms with Gasteiger partial charge in [0.15, 0.2) is 0 Å². The van der Waals surface area contributed by atoms with E-state index in [9.17, 15) is 4.79 Å². The van der Waals surface area contributed by atoms with E-state index in [-0.39, 0.29) is 17.4 Å². The van der Waals surface area contributed by atoms with Gasteiger partial charge in [0.25, 0.3) is 0 Å². The fourth-order valence-corrected chi connectivity index (χ4v) is 4.83. The maximum atomic E-state index is 12.9. The van der Waals surface area contributed by atoms with Gasteiger partial charge in [-0.1, -0.05) is 25.1 Å². The molecular formula is C22H26N4O2. The Morgan fingerprint density at radius 1 is 1.29 bits per heavy atom. The number of carbonyl (C=O) groups excluding carboxylic acids is 1. The minimum absolute atomic E-state index is 0.0788. The number of aromatic amines is 1. The van der Waals surface area contributed by atoms with Gasteiger partial charge in [0.05, 0.1) is 24.8 Å². The average molecular weight is 378 g/mol. The number of amides is 1. The Morgan fingerprint density at radius 3 is 2.89 bits per heavy atom. The molecule has 2 aromatic heterocycles. The summed E-state index contributed by atoms with van der Waals surface area (Å²) in [5.74, 6) is 0.128. The maximum Gasteiger partial charge on any atom is 0.227 e. The Kier molecular flexibility index (Phi) is 4.23. The fourth-order valence-electron chi connectivity index (χ4n) is 4.83. The first-order valence-electron chi connectivity index (χ1n) is 10.2. The number of piperidine rings is 1. The van der Waals surface area contributed by atoms with Crippen LogP contribution in [0.25, 0.3) is 10.9 Å². The van der Waals surface area contributed by atoms with Gasteiger partial charge in [-0.05, 0) is 37.0 Å². The summed E-state index contributed by atoms with van der Waals surface area (Å²) >= 11 is 0. The normalized spacial score (nSPS) is 19.7. The molecule has 5 rings (SSSR count). The summed E-state index contributed by atoms with van der Waals surface area (Å²) < 4.78 is 8.18.